The van der Waals surface area contributed by atoms with E-state index in [0.717, 1.165) is 37.4 Å². The molecule has 0 aliphatic carbocycles. The highest BCUT2D eigenvalue weighted by Gasteiger charge is 2.46. The molecule has 0 unspecified atom stereocenters. The zero-order valence-electron chi connectivity index (χ0n) is 14.7. The molecule has 0 bridgehead atoms. The van der Waals surface area contributed by atoms with Crippen LogP contribution >= 0.6 is 0 Å². The molecule has 0 radical (unpaired) electrons. The van der Waals surface area contributed by atoms with E-state index in [1.54, 1.807) is 18.5 Å². The number of hydrogen-bond acceptors (Lipinski definition) is 6. The summed E-state index contributed by atoms with van der Waals surface area (Å²) in [6.45, 7) is 4.29. The molecule has 2 aliphatic rings. The lowest BCUT2D eigenvalue weighted by Crippen LogP contribution is -2.35. The third kappa shape index (κ3) is 3.43. The van der Waals surface area contributed by atoms with Crippen LogP contribution in [0.5, 0.6) is 0 Å². The highest BCUT2D eigenvalue weighted by Crippen LogP contribution is 2.34. The molecule has 7 nitrogen and oxygen atoms in total. The Kier molecular flexibility index (Phi) is 4.38. The van der Waals surface area contributed by atoms with Gasteiger partial charge in [-0.1, -0.05) is 11.2 Å². The Morgan fingerprint density at radius 3 is 2.96 bits per heavy atom. The van der Waals surface area contributed by atoms with Crippen LogP contribution in [-0.2, 0) is 16.2 Å². The average molecular weight is 351 g/mol. The predicted octanol–water partition coefficient (Wildman–Crippen LogP) is 2.14. The van der Waals surface area contributed by atoms with E-state index in [1.165, 1.54) is 0 Å². The van der Waals surface area contributed by atoms with Gasteiger partial charge >= 0.3 is 0 Å². The monoisotopic (exact) mass is 351 g/mol. The third-order valence-corrected chi connectivity index (χ3v) is 4.86. The molecule has 1 atom stereocenters. The van der Waals surface area contributed by atoms with Crippen molar-refractivity contribution < 1.29 is 9.63 Å². The molecule has 26 heavy (non-hydrogen) atoms. The number of aryl methyl sites for hydroxylation is 1. The predicted molar refractivity (Wildman–Crippen MR) is 97.6 cm³/mol. The Bertz CT molecular complexity index is 839. The normalized spacial score (nSPS) is 22.3. The van der Waals surface area contributed by atoms with Crippen LogP contribution in [0.3, 0.4) is 0 Å². The Morgan fingerprint density at radius 1 is 1.27 bits per heavy atom. The number of nitrogens with zero attached hydrogens (tertiary/aromatic N) is 4. The van der Waals surface area contributed by atoms with Crippen LogP contribution in [0.2, 0.25) is 0 Å². The summed E-state index contributed by atoms with van der Waals surface area (Å²) in [5.74, 6) is -0.221. The van der Waals surface area contributed by atoms with Crippen LogP contribution in [-0.4, -0.2) is 45.2 Å². The summed E-state index contributed by atoms with van der Waals surface area (Å²) in [6.07, 6.45) is 4.88. The van der Waals surface area contributed by atoms with Crippen molar-refractivity contribution >= 4 is 17.3 Å². The van der Waals surface area contributed by atoms with Gasteiger partial charge in [0.2, 0.25) is 0 Å². The van der Waals surface area contributed by atoms with E-state index in [9.17, 15) is 4.79 Å². The maximum absolute atomic E-state index is 12.5. The average Bonchev–Trinajstić information content (AvgIpc) is 3.25. The van der Waals surface area contributed by atoms with Gasteiger partial charge in [-0.25, -0.2) is 0 Å². The molecular formula is C19H21N5O2. The van der Waals surface area contributed by atoms with Crippen LogP contribution < -0.4 is 5.32 Å². The van der Waals surface area contributed by atoms with E-state index >= 15 is 0 Å². The van der Waals surface area contributed by atoms with Gasteiger partial charge in [0, 0.05) is 44.9 Å². The van der Waals surface area contributed by atoms with E-state index in [-0.39, 0.29) is 5.91 Å². The van der Waals surface area contributed by atoms with Crippen LogP contribution in [0.15, 0.2) is 47.9 Å². The van der Waals surface area contributed by atoms with E-state index in [4.69, 9.17) is 4.84 Å². The molecule has 7 heteroatoms. The van der Waals surface area contributed by atoms with Gasteiger partial charge in [-0.2, -0.15) is 0 Å². The molecule has 4 heterocycles. The van der Waals surface area contributed by atoms with Crippen molar-refractivity contribution in [2.75, 3.05) is 18.4 Å². The number of rotatable bonds is 4. The van der Waals surface area contributed by atoms with Gasteiger partial charge in [-0.05, 0) is 31.2 Å². The second kappa shape index (κ2) is 6.84. The van der Waals surface area contributed by atoms with Crippen molar-refractivity contribution in [2.45, 2.75) is 31.9 Å². The van der Waals surface area contributed by atoms with E-state index in [0.29, 0.717) is 17.8 Å². The Balaban J connectivity index is 1.36. The highest BCUT2D eigenvalue weighted by molar-refractivity contribution is 6.43. The van der Waals surface area contributed by atoms with Crippen molar-refractivity contribution in [1.82, 2.24) is 14.9 Å². The lowest BCUT2D eigenvalue weighted by molar-refractivity contribution is -0.110. The first kappa shape index (κ1) is 16.7. The second-order valence-electron chi connectivity index (χ2n) is 6.86. The van der Waals surface area contributed by atoms with Gasteiger partial charge in [0.15, 0.2) is 5.60 Å². The molecule has 1 fully saturated rings. The first-order valence-electron chi connectivity index (χ1n) is 8.74. The molecule has 2 aromatic heterocycles. The summed E-state index contributed by atoms with van der Waals surface area (Å²) >= 11 is 0. The fourth-order valence-corrected chi connectivity index (χ4v) is 3.46. The lowest BCUT2D eigenvalue weighted by Gasteiger charge is -2.21. The van der Waals surface area contributed by atoms with Gasteiger partial charge in [-0.3, -0.25) is 19.7 Å². The van der Waals surface area contributed by atoms with Crippen molar-refractivity contribution in [3.63, 3.8) is 0 Å². The molecule has 0 saturated carbocycles. The number of oxime groups is 1. The minimum absolute atomic E-state index is 0.221. The van der Waals surface area contributed by atoms with Crippen molar-refractivity contribution in [2.24, 2.45) is 5.16 Å². The molecule has 134 valence electrons. The molecule has 1 saturated heterocycles. The topological polar surface area (TPSA) is 79.7 Å². The maximum atomic E-state index is 12.5. The second-order valence-corrected chi connectivity index (χ2v) is 6.86. The lowest BCUT2D eigenvalue weighted by atomic mass is 9.96. The molecule has 2 aliphatic heterocycles. The summed E-state index contributed by atoms with van der Waals surface area (Å²) in [4.78, 5) is 29.1. The highest BCUT2D eigenvalue weighted by atomic mass is 16.7. The van der Waals surface area contributed by atoms with Crippen molar-refractivity contribution in [1.29, 1.82) is 0 Å². The van der Waals surface area contributed by atoms with Gasteiger partial charge in [0.25, 0.3) is 5.91 Å². The number of carbonyl (C=O) groups is 1. The van der Waals surface area contributed by atoms with Crippen LogP contribution in [0, 0.1) is 6.92 Å². The van der Waals surface area contributed by atoms with Gasteiger partial charge in [0.05, 0.1) is 17.1 Å². The number of aromatic nitrogens is 2. The molecule has 2 aromatic rings. The molecular weight excluding hydrogens is 330 g/mol. The van der Waals surface area contributed by atoms with E-state index in [2.05, 4.69) is 25.3 Å². The summed E-state index contributed by atoms with van der Waals surface area (Å²) < 4.78 is 0. The Labute approximate surface area is 152 Å². The van der Waals surface area contributed by atoms with Gasteiger partial charge in [0.1, 0.15) is 5.71 Å². The zero-order chi connectivity index (χ0) is 18.0. The summed E-state index contributed by atoms with van der Waals surface area (Å²) in [5.41, 5.74) is 2.55. The minimum Gasteiger partial charge on any atom is -0.387 e. The smallest absolute Gasteiger partial charge is 0.273 e. The third-order valence-electron chi connectivity index (χ3n) is 4.86. The van der Waals surface area contributed by atoms with E-state index < -0.39 is 5.60 Å². The fourth-order valence-electron chi connectivity index (χ4n) is 3.46. The summed E-state index contributed by atoms with van der Waals surface area (Å²) in [6, 6.07) is 9.55. The number of hydrogen-bond donors (Lipinski definition) is 1. The minimum atomic E-state index is -0.397. The Hall–Kier alpha value is -2.80. The van der Waals surface area contributed by atoms with Crippen LogP contribution in [0.4, 0.5) is 5.69 Å². The van der Waals surface area contributed by atoms with Crippen molar-refractivity contribution in [3.8, 4) is 0 Å². The quantitative estimate of drug-likeness (QED) is 0.913. The number of likely N-dealkylation sites (tertiary alicyclic amines) is 1. The maximum Gasteiger partial charge on any atom is 0.273 e. The largest absolute Gasteiger partial charge is 0.387 e. The first-order valence-corrected chi connectivity index (χ1v) is 8.74. The van der Waals surface area contributed by atoms with Crippen LogP contribution in [0.1, 0.15) is 24.2 Å². The SMILES string of the molecule is Cc1ncccc1NC(=O)C1=NO[C@]2(CCN(Cc3ccccn3)C2)C1. The van der Waals surface area contributed by atoms with Gasteiger partial charge < -0.3 is 10.2 Å². The summed E-state index contributed by atoms with van der Waals surface area (Å²) in [7, 11) is 0. The first-order chi connectivity index (χ1) is 12.6. The number of pyridine rings is 2. The Morgan fingerprint density at radius 2 is 2.15 bits per heavy atom. The van der Waals surface area contributed by atoms with E-state index in [1.807, 2.05) is 31.2 Å². The summed E-state index contributed by atoms with van der Waals surface area (Å²) in [5, 5.41) is 6.95. The molecule has 4 rings (SSSR count). The number of nitrogens with one attached hydrogen (secondary N) is 1. The standard InChI is InChI=1S/C19H21N5O2/c1-14-16(6-4-9-20-14)22-18(25)17-11-19(26-23-17)7-10-24(13-19)12-15-5-2-3-8-21-15/h2-6,8-9H,7,10-13H2,1H3,(H,22,25)/t19-/m1/s1. The number of carbonyl (C=O) groups excluding carboxylic acids is 1. The molecule has 1 amide bonds. The number of amides is 1. The zero-order valence-corrected chi connectivity index (χ0v) is 14.7. The molecule has 0 aromatic carbocycles. The fraction of sp³-hybridized carbons (Fsp3) is 0.368. The van der Waals surface area contributed by atoms with Crippen molar-refractivity contribution in [3.05, 3.63) is 54.1 Å². The molecule has 1 N–H and O–H groups in total. The van der Waals surface area contributed by atoms with Crippen LogP contribution in [0.25, 0.3) is 0 Å². The number of anilines is 1. The van der Waals surface area contributed by atoms with Gasteiger partial charge in [-0.15, -0.1) is 0 Å². The molecule has 1 spiro atoms.